The van der Waals surface area contributed by atoms with E-state index in [1.54, 1.807) is 0 Å². The molecule has 0 spiro atoms. The van der Waals surface area contributed by atoms with E-state index in [-0.39, 0.29) is 7.43 Å². The minimum Gasteiger partial charge on any atom is -0.0776 e. The largest absolute Gasteiger partial charge is 0.0776 e. The second-order valence-corrected chi connectivity index (χ2v) is 2.13. The molecule has 0 saturated carbocycles. The molecule has 0 rings (SSSR count). The summed E-state index contributed by atoms with van der Waals surface area (Å²) < 4.78 is 0. The van der Waals surface area contributed by atoms with Gasteiger partial charge in [0.05, 0.1) is 0 Å². The Morgan fingerprint density at radius 3 is 1.30 bits per heavy atom. The summed E-state index contributed by atoms with van der Waals surface area (Å²) in [6.45, 7) is 12.7. The Hall–Kier alpha value is -0.260. The molecule has 0 aromatic heterocycles. The van der Waals surface area contributed by atoms with Gasteiger partial charge in [0.15, 0.2) is 0 Å². The van der Waals surface area contributed by atoms with Crippen LogP contribution >= 0.6 is 0 Å². The minimum atomic E-state index is 0. The van der Waals surface area contributed by atoms with Gasteiger partial charge in [-0.3, -0.25) is 0 Å². The first-order valence-corrected chi connectivity index (χ1v) is 3.81. The Morgan fingerprint density at radius 2 is 1.30 bits per heavy atom. The van der Waals surface area contributed by atoms with Crippen molar-refractivity contribution in [3.05, 3.63) is 11.1 Å². The topological polar surface area (TPSA) is 0 Å². The molecule has 0 heterocycles. The van der Waals surface area contributed by atoms with Gasteiger partial charge in [0.2, 0.25) is 0 Å². The maximum Gasteiger partial charge on any atom is -0.0349 e. The molecular formula is C10H24. The fourth-order valence-electron chi connectivity index (χ4n) is 0.354. The Labute approximate surface area is 67.3 Å². The molecule has 0 saturated heterocycles. The predicted octanol–water partition coefficient (Wildman–Crippen LogP) is 4.42. The summed E-state index contributed by atoms with van der Waals surface area (Å²) in [6.07, 6.45) is 1.20. The van der Waals surface area contributed by atoms with Gasteiger partial charge in [0, 0.05) is 0 Å². The smallest absolute Gasteiger partial charge is 0.0349 e. The van der Waals surface area contributed by atoms with Gasteiger partial charge in [-0.2, -0.15) is 0 Å². The maximum atomic E-state index is 2.18. The zero-order valence-electron chi connectivity index (χ0n) is 7.71. The summed E-state index contributed by atoms with van der Waals surface area (Å²) in [5.74, 6) is 0. The molecule has 0 atom stereocenters. The van der Waals surface area contributed by atoms with Gasteiger partial charge in [-0.1, -0.05) is 39.3 Å². The van der Waals surface area contributed by atoms with Gasteiger partial charge in [0.25, 0.3) is 0 Å². The summed E-state index contributed by atoms with van der Waals surface area (Å²) >= 11 is 0. The molecule has 0 unspecified atom stereocenters. The molecule has 0 nitrogen and oxygen atoms in total. The van der Waals surface area contributed by atoms with Crippen LogP contribution in [0.25, 0.3) is 0 Å². The number of rotatable bonds is 1. The van der Waals surface area contributed by atoms with E-state index in [9.17, 15) is 0 Å². The van der Waals surface area contributed by atoms with Crippen LogP contribution in [0.4, 0.5) is 0 Å². The van der Waals surface area contributed by atoms with Crippen LogP contribution in [0.15, 0.2) is 11.1 Å². The van der Waals surface area contributed by atoms with Crippen molar-refractivity contribution < 1.29 is 0 Å². The van der Waals surface area contributed by atoms with E-state index in [0.717, 1.165) is 0 Å². The summed E-state index contributed by atoms with van der Waals surface area (Å²) in [5.41, 5.74) is 2.97. The molecule has 0 N–H and O–H groups in total. The fraction of sp³-hybridized carbons (Fsp3) is 0.800. The molecular weight excluding hydrogens is 120 g/mol. The molecule has 0 aliphatic heterocycles. The van der Waals surface area contributed by atoms with Crippen molar-refractivity contribution in [3.63, 3.8) is 0 Å². The van der Waals surface area contributed by atoms with Gasteiger partial charge in [-0.05, 0) is 27.2 Å². The summed E-state index contributed by atoms with van der Waals surface area (Å²) in [4.78, 5) is 0. The van der Waals surface area contributed by atoms with Crippen LogP contribution in [-0.4, -0.2) is 0 Å². The van der Waals surface area contributed by atoms with Crippen LogP contribution in [0.3, 0.4) is 0 Å². The average Bonchev–Trinajstić information content (AvgIpc) is 1.91. The first-order valence-electron chi connectivity index (χ1n) is 3.81. The Bertz CT molecular complexity index is 74.0. The third-order valence-electron chi connectivity index (χ3n) is 1.38. The lowest BCUT2D eigenvalue weighted by Crippen LogP contribution is -1.73. The molecule has 0 aliphatic rings. The molecule has 0 aromatic rings. The second-order valence-electron chi connectivity index (χ2n) is 2.13. The van der Waals surface area contributed by atoms with Gasteiger partial charge in [-0.25, -0.2) is 0 Å². The second kappa shape index (κ2) is 11.5. The van der Waals surface area contributed by atoms with E-state index in [4.69, 9.17) is 0 Å². The standard InChI is InChI=1S/C7H14.C2H6.CH4/c1-5-7(4)6(2)3;1-2;/h5H2,1-4H3;1-2H3;1H4. The van der Waals surface area contributed by atoms with Crippen molar-refractivity contribution in [3.8, 4) is 0 Å². The molecule has 64 valence electrons. The van der Waals surface area contributed by atoms with E-state index >= 15 is 0 Å². The Kier molecular flexibility index (Phi) is 18.9. The zero-order valence-corrected chi connectivity index (χ0v) is 7.71. The zero-order chi connectivity index (χ0) is 7.86. The summed E-state index contributed by atoms with van der Waals surface area (Å²) in [5, 5.41) is 0. The van der Waals surface area contributed by atoms with E-state index in [0.29, 0.717) is 0 Å². The Morgan fingerprint density at radius 1 is 1.00 bits per heavy atom. The third kappa shape index (κ3) is 10.7. The number of allylic oxidation sites excluding steroid dienone is 2. The first-order chi connectivity index (χ1) is 4.18. The van der Waals surface area contributed by atoms with Crippen LogP contribution in [0.5, 0.6) is 0 Å². The molecule has 0 aromatic carbocycles. The predicted molar refractivity (Wildman–Crippen MR) is 52.4 cm³/mol. The van der Waals surface area contributed by atoms with E-state index < -0.39 is 0 Å². The summed E-state index contributed by atoms with van der Waals surface area (Å²) in [6, 6.07) is 0. The fourth-order valence-corrected chi connectivity index (χ4v) is 0.354. The van der Waals surface area contributed by atoms with E-state index in [2.05, 4.69) is 27.7 Å². The summed E-state index contributed by atoms with van der Waals surface area (Å²) in [7, 11) is 0. The lowest BCUT2D eigenvalue weighted by Gasteiger charge is -1.94. The van der Waals surface area contributed by atoms with Gasteiger partial charge in [0.1, 0.15) is 0 Å². The number of hydrogen-bond acceptors (Lipinski definition) is 0. The molecule has 0 heteroatoms. The lowest BCUT2D eigenvalue weighted by molar-refractivity contribution is 1.05. The average molecular weight is 144 g/mol. The van der Waals surface area contributed by atoms with Crippen molar-refractivity contribution in [2.45, 2.75) is 55.4 Å². The van der Waals surface area contributed by atoms with Crippen molar-refractivity contribution in [1.29, 1.82) is 0 Å². The van der Waals surface area contributed by atoms with Crippen molar-refractivity contribution in [2.24, 2.45) is 0 Å². The van der Waals surface area contributed by atoms with Gasteiger partial charge >= 0.3 is 0 Å². The first kappa shape index (κ1) is 16.4. The molecule has 0 fully saturated rings. The van der Waals surface area contributed by atoms with Crippen molar-refractivity contribution in [1.82, 2.24) is 0 Å². The minimum absolute atomic E-state index is 0. The highest BCUT2D eigenvalue weighted by Gasteiger charge is 1.82. The van der Waals surface area contributed by atoms with Crippen LogP contribution < -0.4 is 0 Å². The van der Waals surface area contributed by atoms with Crippen LogP contribution in [0.2, 0.25) is 0 Å². The highest BCUT2D eigenvalue weighted by Crippen LogP contribution is 2.04. The molecule has 0 bridgehead atoms. The molecule has 0 amide bonds. The molecule has 10 heavy (non-hydrogen) atoms. The van der Waals surface area contributed by atoms with Gasteiger partial charge < -0.3 is 0 Å². The number of hydrogen-bond donors (Lipinski definition) is 0. The quantitative estimate of drug-likeness (QED) is 0.478. The van der Waals surface area contributed by atoms with E-state index in [1.165, 1.54) is 17.6 Å². The highest BCUT2D eigenvalue weighted by molar-refractivity contribution is 5.05. The van der Waals surface area contributed by atoms with Crippen molar-refractivity contribution >= 4 is 0 Å². The molecule has 0 aliphatic carbocycles. The van der Waals surface area contributed by atoms with Gasteiger partial charge in [-0.15, -0.1) is 0 Å². The van der Waals surface area contributed by atoms with E-state index in [1.807, 2.05) is 13.8 Å². The van der Waals surface area contributed by atoms with Crippen LogP contribution in [0, 0.1) is 0 Å². The van der Waals surface area contributed by atoms with Crippen LogP contribution in [0.1, 0.15) is 55.4 Å². The maximum absolute atomic E-state index is 2.18. The molecule has 0 radical (unpaired) electrons. The third-order valence-corrected chi connectivity index (χ3v) is 1.38. The SMILES string of the molecule is C.CC.CCC(C)=C(C)C. The monoisotopic (exact) mass is 144 g/mol. The lowest BCUT2D eigenvalue weighted by atomic mass is 10.1. The van der Waals surface area contributed by atoms with Crippen LogP contribution in [-0.2, 0) is 0 Å². The highest BCUT2D eigenvalue weighted by atomic mass is 13.9. The normalized spacial score (nSPS) is 6.60. The van der Waals surface area contributed by atoms with Crippen molar-refractivity contribution in [2.75, 3.05) is 0 Å². The Balaban J connectivity index is -0.000000149.